The molecule has 2 rings (SSSR count). The number of rotatable bonds is 5. The molecule has 21 heavy (non-hydrogen) atoms. The molecule has 4 N–H and O–H groups in total. The highest BCUT2D eigenvalue weighted by Gasteiger charge is 2.18. The van der Waals surface area contributed by atoms with Crippen LogP contribution in [0.25, 0.3) is 0 Å². The Kier molecular flexibility index (Phi) is 4.98. The zero-order chi connectivity index (χ0) is 15.4. The molecule has 0 saturated carbocycles. The summed E-state index contributed by atoms with van der Waals surface area (Å²) in [7, 11) is 0. The second-order valence-electron chi connectivity index (χ2n) is 4.84. The molecule has 0 spiro atoms. The standard InChI is InChI=1S/C16H17BrN2O2/c1-10(18)15(11-2-6-13(17)7-3-11)21-14-8-4-12(5-9-14)16(19)20/h2-10,15H,18H2,1H3,(H2,19,20). The molecule has 0 aromatic heterocycles. The Hall–Kier alpha value is -1.85. The summed E-state index contributed by atoms with van der Waals surface area (Å²) >= 11 is 3.40. The van der Waals surface area contributed by atoms with Crippen molar-refractivity contribution in [3.8, 4) is 5.75 Å². The number of ether oxygens (including phenoxy) is 1. The van der Waals surface area contributed by atoms with E-state index < -0.39 is 5.91 Å². The zero-order valence-corrected chi connectivity index (χ0v) is 13.2. The number of amides is 1. The van der Waals surface area contributed by atoms with Gasteiger partial charge in [-0.15, -0.1) is 0 Å². The molecule has 2 aromatic carbocycles. The highest BCUT2D eigenvalue weighted by molar-refractivity contribution is 9.10. The van der Waals surface area contributed by atoms with Gasteiger partial charge in [-0.3, -0.25) is 4.79 Å². The highest BCUT2D eigenvalue weighted by atomic mass is 79.9. The fourth-order valence-corrected chi connectivity index (χ4v) is 2.24. The van der Waals surface area contributed by atoms with Gasteiger partial charge in [-0.05, 0) is 48.9 Å². The van der Waals surface area contributed by atoms with Gasteiger partial charge in [0, 0.05) is 16.1 Å². The minimum Gasteiger partial charge on any atom is -0.484 e. The second-order valence-corrected chi connectivity index (χ2v) is 5.75. The van der Waals surface area contributed by atoms with Crippen molar-refractivity contribution in [2.45, 2.75) is 19.1 Å². The van der Waals surface area contributed by atoms with Crippen LogP contribution in [0.3, 0.4) is 0 Å². The Bertz CT molecular complexity index is 609. The fraction of sp³-hybridized carbons (Fsp3) is 0.188. The lowest BCUT2D eigenvalue weighted by Gasteiger charge is -2.23. The van der Waals surface area contributed by atoms with Crippen molar-refractivity contribution in [1.29, 1.82) is 0 Å². The number of nitrogens with two attached hydrogens (primary N) is 2. The molecule has 110 valence electrons. The van der Waals surface area contributed by atoms with Gasteiger partial charge in [-0.25, -0.2) is 0 Å². The third-order valence-corrected chi connectivity index (χ3v) is 3.61. The van der Waals surface area contributed by atoms with Crippen molar-refractivity contribution >= 4 is 21.8 Å². The largest absolute Gasteiger partial charge is 0.484 e. The predicted molar refractivity (Wildman–Crippen MR) is 86.1 cm³/mol. The lowest BCUT2D eigenvalue weighted by atomic mass is 10.0. The van der Waals surface area contributed by atoms with Crippen LogP contribution in [0.2, 0.25) is 0 Å². The second kappa shape index (κ2) is 6.74. The van der Waals surface area contributed by atoms with E-state index in [-0.39, 0.29) is 12.1 Å². The van der Waals surface area contributed by atoms with Crippen molar-refractivity contribution in [2.24, 2.45) is 11.5 Å². The van der Waals surface area contributed by atoms with Crippen LogP contribution in [0.5, 0.6) is 5.75 Å². The van der Waals surface area contributed by atoms with Crippen LogP contribution in [-0.4, -0.2) is 11.9 Å². The van der Waals surface area contributed by atoms with Gasteiger partial charge >= 0.3 is 0 Å². The SMILES string of the molecule is CC(N)C(Oc1ccc(C(N)=O)cc1)c1ccc(Br)cc1. The molecule has 0 aliphatic heterocycles. The summed E-state index contributed by atoms with van der Waals surface area (Å²) in [6, 6.07) is 14.4. The fourth-order valence-electron chi connectivity index (χ4n) is 1.98. The average Bonchev–Trinajstić information content (AvgIpc) is 2.46. The van der Waals surface area contributed by atoms with E-state index in [9.17, 15) is 4.79 Å². The van der Waals surface area contributed by atoms with Crippen LogP contribution in [0.1, 0.15) is 28.9 Å². The molecule has 5 heteroatoms. The summed E-state index contributed by atoms with van der Waals surface area (Å²) in [5, 5.41) is 0. The first-order chi connectivity index (χ1) is 9.97. The Morgan fingerprint density at radius 3 is 2.14 bits per heavy atom. The number of primary amides is 1. The number of hydrogen-bond acceptors (Lipinski definition) is 3. The minimum absolute atomic E-state index is 0.179. The molecule has 0 aliphatic rings. The molecule has 2 aromatic rings. The van der Waals surface area contributed by atoms with Crippen LogP contribution in [0, 0.1) is 0 Å². The summed E-state index contributed by atoms with van der Waals surface area (Å²) in [5.41, 5.74) is 12.7. The normalized spacial score (nSPS) is 13.5. The molecule has 0 saturated heterocycles. The molecule has 0 aliphatic carbocycles. The molecular weight excluding hydrogens is 332 g/mol. The van der Waals surface area contributed by atoms with Crippen molar-refractivity contribution in [3.05, 3.63) is 64.1 Å². The Morgan fingerprint density at radius 1 is 1.10 bits per heavy atom. The van der Waals surface area contributed by atoms with Gasteiger partial charge in [-0.1, -0.05) is 28.1 Å². The van der Waals surface area contributed by atoms with Crippen LogP contribution in [-0.2, 0) is 0 Å². The van der Waals surface area contributed by atoms with E-state index in [1.807, 2.05) is 31.2 Å². The average molecular weight is 349 g/mol. The van der Waals surface area contributed by atoms with E-state index in [1.165, 1.54) is 0 Å². The summed E-state index contributed by atoms with van der Waals surface area (Å²) in [5.74, 6) is 0.184. The van der Waals surface area contributed by atoms with Gasteiger partial charge in [0.1, 0.15) is 11.9 Å². The van der Waals surface area contributed by atoms with Crippen LogP contribution < -0.4 is 16.2 Å². The van der Waals surface area contributed by atoms with Gasteiger partial charge in [0.05, 0.1) is 0 Å². The lowest BCUT2D eigenvalue weighted by Crippen LogP contribution is -2.29. The van der Waals surface area contributed by atoms with E-state index >= 15 is 0 Å². The third kappa shape index (κ3) is 4.06. The molecule has 0 radical (unpaired) electrons. The molecular formula is C16H17BrN2O2. The molecule has 0 heterocycles. The molecule has 0 bridgehead atoms. The number of carbonyl (C=O) groups is 1. The monoisotopic (exact) mass is 348 g/mol. The first-order valence-corrected chi connectivity index (χ1v) is 7.34. The lowest BCUT2D eigenvalue weighted by molar-refractivity contribution is 0.1000. The Morgan fingerprint density at radius 2 is 1.67 bits per heavy atom. The van der Waals surface area contributed by atoms with Gasteiger partial charge in [-0.2, -0.15) is 0 Å². The number of halogens is 1. The molecule has 0 fully saturated rings. The zero-order valence-electron chi connectivity index (χ0n) is 11.6. The number of hydrogen-bond donors (Lipinski definition) is 2. The van der Waals surface area contributed by atoms with E-state index in [0.29, 0.717) is 11.3 Å². The van der Waals surface area contributed by atoms with E-state index in [2.05, 4.69) is 15.9 Å². The highest BCUT2D eigenvalue weighted by Crippen LogP contribution is 2.25. The van der Waals surface area contributed by atoms with Crippen molar-refractivity contribution < 1.29 is 9.53 Å². The predicted octanol–water partition coefficient (Wildman–Crippen LogP) is 3.02. The van der Waals surface area contributed by atoms with Crippen LogP contribution >= 0.6 is 15.9 Å². The molecule has 4 nitrogen and oxygen atoms in total. The van der Waals surface area contributed by atoms with E-state index in [4.69, 9.17) is 16.2 Å². The molecule has 1 amide bonds. The van der Waals surface area contributed by atoms with Gasteiger partial charge in [0.2, 0.25) is 5.91 Å². The van der Waals surface area contributed by atoms with Gasteiger partial charge in [0.15, 0.2) is 0 Å². The maximum atomic E-state index is 11.1. The summed E-state index contributed by atoms with van der Waals surface area (Å²) in [4.78, 5) is 11.1. The van der Waals surface area contributed by atoms with Crippen molar-refractivity contribution in [2.75, 3.05) is 0 Å². The summed E-state index contributed by atoms with van der Waals surface area (Å²) in [6.45, 7) is 1.89. The van der Waals surface area contributed by atoms with Crippen LogP contribution in [0.15, 0.2) is 53.0 Å². The molecule has 2 atom stereocenters. The number of benzene rings is 2. The first-order valence-electron chi connectivity index (χ1n) is 6.55. The smallest absolute Gasteiger partial charge is 0.248 e. The van der Waals surface area contributed by atoms with Gasteiger partial charge < -0.3 is 16.2 Å². The maximum absolute atomic E-state index is 11.1. The Labute approximate surface area is 132 Å². The van der Waals surface area contributed by atoms with Crippen molar-refractivity contribution in [1.82, 2.24) is 0 Å². The first kappa shape index (κ1) is 15.5. The van der Waals surface area contributed by atoms with Crippen molar-refractivity contribution in [3.63, 3.8) is 0 Å². The topological polar surface area (TPSA) is 78.3 Å². The van der Waals surface area contributed by atoms with Gasteiger partial charge in [0.25, 0.3) is 0 Å². The maximum Gasteiger partial charge on any atom is 0.248 e. The minimum atomic E-state index is -0.460. The third-order valence-electron chi connectivity index (χ3n) is 3.08. The summed E-state index contributed by atoms with van der Waals surface area (Å²) in [6.07, 6.45) is -0.266. The van der Waals surface area contributed by atoms with E-state index in [0.717, 1.165) is 10.0 Å². The summed E-state index contributed by atoms with van der Waals surface area (Å²) < 4.78 is 6.94. The number of carbonyl (C=O) groups excluding carboxylic acids is 1. The van der Waals surface area contributed by atoms with Crippen LogP contribution in [0.4, 0.5) is 0 Å². The Balaban J connectivity index is 2.20. The molecule has 2 unspecified atom stereocenters. The van der Waals surface area contributed by atoms with E-state index in [1.54, 1.807) is 24.3 Å². The quantitative estimate of drug-likeness (QED) is 0.871.